The molecule has 0 amide bonds. The van der Waals surface area contributed by atoms with Gasteiger partial charge in [0, 0.05) is 24.0 Å². The van der Waals surface area contributed by atoms with Crippen LogP contribution in [-0.2, 0) is 9.16 Å². The fraction of sp³-hybridized carbons (Fsp3) is 0.762. The van der Waals surface area contributed by atoms with Gasteiger partial charge in [-0.3, -0.25) is 0 Å². The van der Waals surface area contributed by atoms with Gasteiger partial charge in [0.15, 0.2) is 8.32 Å². The van der Waals surface area contributed by atoms with Crippen molar-refractivity contribution in [3.05, 3.63) is 23.8 Å². The third-order valence-corrected chi connectivity index (χ3v) is 11.2. The van der Waals surface area contributed by atoms with E-state index in [0.29, 0.717) is 0 Å². The SMILES string of the molecule is CC(/C=C\[C@@]12O[C@]1(C)C[C@@H](O[Si](C)(C)C(C)(C)C)CC2(C)C)=C\C#N. The van der Waals surface area contributed by atoms with Gasteiger partial charge in [0.25, 0.3) is 0 Å². The van der Waals surface area contributed by atoms with Gasteiger partial charge in [-0.2, -0.15) is 5.26 Å². The molecule has 0 bridgehead atoms. The van der Waals surface area contributed by atoms with Crippen LogP contribution in [0.4, 0.5) is 0 Å². The molecule has 0 aromatic heterocycles. The highest BCUT2D eigenvalue weighted by Gasteiger charge is 2.75. The Kier molecular flexibility index (Phi) is 4.96. The lowest BCUT2D eigenvalue weighted by atomic mass is 9.63. The lowest BCUT2D eigenvalue weighted by molar-refractivity contribution is 0.0587. The highest BCUT2D eigenvalue weighted by Crippen LogP contribution is 2.66. The summed E-state index contributed by atoms with van der Waals surface area (Å²) in [6.07, 6.45) is 7.98. The van der Waals surface area contributed by atoms with Crippen LogP contribution in [0.25, 0.3) is 0 Å². The maximum absolute atomic E-state index is 8.81. The second-order valence-corrected chi connectivity index (χ2v) is 15.0. The first kappa shape index (κ1) is 20.4. The molecule has 2 aliphatic rings. The van der Waals surface area contributed by atoms with Crippen LogP contribution in [-0.4, -0.2) is 25.6 Å². The molecule has 4 heteroatoms. The minimum Gasteiger partial charge on any atom is -0.414 e. The van der Waals surface area contributed by atoms with Crippen LogP contribution in [0.15, 0.2) is 23.8 Å². The number of ether oxygens (including phenoxy) is 1. The molecule has 2 fully saturated rings. The summed E-state index contributed by atoms with van der Waals surface area (Å²) in [6.45, 7) is 20.3. The Balaban J connectivity index is 2.21. The Morgan fingerprint density at radius 3 is 2.32 bits per heavy atom. The number of hydrogen-bond donors (Lipinski definition) is 0. The molecule has 0 radical (unpaired) electrons. The van der Waals surface area contributed by atoms with E-state index in [2.05, 4.69) is 66.8 Å². The molecule has 0 aromatic carbocycles. The molecule has 0 spiro atoms. The van der Waals surface area contributed by atoms with Gasteiger partial charge >= 0.3 is 0 Å². The summed E-state index contributed by atoms with van der Waals surface area (Å²) in [5.41, 5.74) is 0.532. The van der Waals surface area contributed by atoms with Gasteiger partial charge in [-0.15, -0.1) is 0 Å². The first-order valence-electron chi connectivity index (χ1n) is 9.33. The van der Waals surface area contributed by atoms with E-state index in [1.54, 1.807) is 6.08 Å². The Hall–Kier alpha value is -0.893. The molecular formula is C21H35NO2Si. The van der Waals surface area contributed by atoms with E-state index in [4.69, 9.17) is 14.4 Å². The lowest BCUT2D eigenvalue weighted by Gasteiger charge is -2.45. The van der Waals surface area contributed by atoms with Crippen molar-refractivity contribution in [3.63, 3.8) is 0 Å². The summed E-state index contributed by atoms with van der Waals surface area (Å²) in [6, 6.07) is 2.09. The zero-order valence-electron chi connectivity index (χ0n) is 17.5. The van der Waals surface area contributed by atoms with Crippen molar-refractivity contribution in [2.24, 2.45) is 5.41 Å². The summed E-state index contributed by atoms with van der Waals surface area (Å²) in [7, 11) is -1.79. The van der Waals surface area contributed by atoms with Gasteiger partial charge in [0.05, 0.1) is 6.07 Å². The Bertz CT molecular complexity index is 635. The molecule has 1 saturated carbocycles. The number of fused-ring (bicyclic) bond motifs is 1. The second kappa shape index (κ2) is 6.08. The molecule has 0 N–H and O–H groups in total. The predicted octanol–water partition coefficient (Wildman–Crippen LogP) is 5.75. The van der Waals surface area contributed by atoms with Crippen LogP contribution < -0.4 is 0 Å². The van der Waals surface area contributed by atoms with E-state index in [-0.39, 0.29) is 27.8 Å². The Morgan fingerprint density at radius 1 is 1.24 bits per heavy atom. The molecule has 1 aliphatic carbocycles. The molecule has 140 valence electrons. The van der Waals surface area contributed by atoms with Crippen LogP contribution in [0.5, 0.6) is 0 Å². The zero-order valence-corrected chi connectivity index (χ0v) is 18.5. The third kappa shape index (κ3) is 3.52. The smallest absolute Gasteiger partial charge is 0.192 e. The lowest BCUT2D eigenvalue weighted by Crippen LogP contribution is -2.51. The molecule has 25 heavy (non-hydrogen) atoms. The normalized spacial score (nSPS) is 35.4. The van der Waals surface area contributed by atoms with Gasteiger partial charge < -0.3 is 9.16 Å². The average molecular weight is 362 g/mol. The summed E-state index contributed by atoms with van der Waals surface area (Å²) in [4.78, 5) is 0. The standard InChI is InChI=1S/C21H35NO2Si/c1-16(11-13-22)10-12-21-19(5,6)14-17(15-20(21,7)24-21)23-25(8,9)18(2,3)4/h10-12,17H,14-15H2,1-9H3/b12-10-,16-11+/t17-,20+,21-/m0/s1. The molecule has 1 aliphatic heterocycles. The van der Waals surface area contributed by atoms with E-state index in [1.165, 1.54) is 0 Å². The monoisotopic (exact) mass is 361 g/mol. The fourth-order valence-corrected chi connectivity index (χ4v) is 5.47. The second-order valence-electron chi connectivity index (χ2n) is 10.2. The van der Waals surface area contributed by atoms with Crippen LogP contribution in [0.3, 0.4) is 0 Å². The van der Waals surface area contributed by atoms with Crippen LogP contribution in [0.1, 0.15) is 61.3 Å². The molecule has 0 unspecified atom stereocenters. The van der Waals surface area contributed by atoms with Crippen LogP contribution in [0.2, 0.25) is 18.1 Å². The van der Waals surface area contributed by atoms with E-state index in [9.17, 15) is 0 Å². The molecule has 3 nitrogen and oxygen atoms in total. The molecule has 2 rings (SSSR count). The van der Waals surface area contributed by atoms with Crippen molar-refractivity contribution in [3.8, 4) is 6.07 Å². The first-order valence-corrected chi connectivity index (χ1v) is 12.2. The summed E-state index contributed by atoms with van der Waals surface area (Å²) in [5, 5.41) is 9.02. The van der Waals surface area contributed by atoms with E-state index < -0.39 is 8.32 Å². The van der Waals surface area contributed by atoms with Crippen LogP contribution in [0, 0.1) is 16.7 Å². The van der Waals surface area contributed by atoms with Crippen LogP contribution >= 0.6 is 0 Å². The highest BCUT2D eigenvalue weighted by atomic mass is 28.4. The largest absolute Gasteiger partial charge is 0.414 e. The van der Waals surface area contributed by atoms with Crippen molar-refractivity contribution in [1.82, 2.24) is 0 Å². The van der Waals surface area contributed by atoms with Crippen molar-refractivity contribution in [1.29, 1.82) is 5.26 Å². The molecule has 3 atom stereocenters. The number of hydrogen-bond acceptors (Lipinski definition) is 3. The number of rotatable bonds is 4. The Morgan fingerprint density at radius 2 is 1.84 bits per heavy atom. The van der Waals surface area contributed by atoms with Gasteiger partial charge in [0.2, 0.25) is 0 Å². The molecule has 0 aromatic rings. The summed E-state index contributed by atoms with van der Waals surface area (Å²) < 4.78 is 13.1. The third-order valence-electron chi connectivity index (χ3n) is 6.63. The molecule has 1 saturated heterocycles. The van der Waals surface area contributed by atoms with Crippen molar-refractivity contribution >= 4 is 8.32 Å². The molecule has 1 heterocycles. The minimum absolute atomic E-state index is 0.00352. The quantitative estimate of drug-likeness (QED) is 0.277. The summed E-state index contributed by atoms with van der Waals surface area (Å²) in [5.74, 6) is 0. The zero-order chi connectivity index (χ0) is 19.3. The van der Waals surface area contributed by atoms with E-state index in [1.807, 2.05) is 13.0 Å². The maximum Gasteiger partial charge on any atom is 0.192 e. The highest BCUT2D eigenvalue weighted by molar-refractivity contribution is 6.74. The summed E-state index contributed by atoms with van der Waals surface area (Å²) >= 11 is 0. The predicted molar refractivity (Wildman–Crippen MR) is 106 cm³/mol. The maximum atomic E-state index is 8.81. The number of nitriles is 1. The topological polar surface area (TPSA) is 45.5 Å². The van der Waals surface area contributed by atoms with E-state index >= 15 is 0 Å². The van der Waals surface area contributed by atoms with Crippen molar-refractivity contribution in [2.75, 3.05) is 0 Å². The fourth-order valence-electron chi connectivity index (χ4n) is 4.12. The van der Waals surface area contributed by atoms with Gasteiger partial charge in [-0.1, -0.05) is 40.7 Å². The number of allylic oxidation sites excluding steroid dienone is 3. The molecular weight excluding hydrogens is 326 g/mol. The Labute approximate surface area is 155 Å². The van der Waals surface area contributed by atoms with Gasteiger partial charge in [0.1, 0.15) is 11.2 Å². The van der Waals surface area contributed by atoms with Crippen molar-refractivity contribution in [2.45, 2.75) is 96.7 Å². The number of epoxide rings is 1. The van der Waals surface area contributed by atoms with Gasteiger partial charge in [-0.05, 0) is 50.0 Å². The van der Waals surface area contributed by atoms with Crippen molar-refractivity contribution < 1.29 is 9.16 Å². The average Bonchev–Trinajstić information content (AvgIpc) is 3.01. The van der Waals surface area contributed by atoms with E-state index in [0.717, 1.165) is 18.4 Å². The first-order chi connectivity index (χ1) is 11.2. The number of nitrogens with zero attached hydrogens (tertiary/aromatic N) is 1. The van der Waals surface area contributed by atoms with Gasteiger partial charge in [-0.25, -0.2) is 0 Å². The minimum atomic E-state index is -1.79.